The largest absolute Gasteiger partial charge is 0.497 e. The number of piperidine rings is 1. The Balaban J connectivity index is 2.02. The maximum absolute atomic E-state index is 11.2. The molecule has 2 aliphatic rings. The average molecular weight is 317 g/mol. The fourth-order valence-electron chi connectivity index (χ4n) is 4.58. The molecule has 0 aromatic heterocycles. The number of rotatable bonds is 2. The molecule has 0 spiro atoms. The van der Waals surface area contributed by atoms with E-state index in [0.29, 0.717) is 5.92 Å². The standard InChI is InChI=1S/C20H31NO2/c1-19(2,3)16-10-13-21-12-5-11-20(14-16,18(21)22)15-6-8-17(23-4)9-7-15/h6-9,16,18,22H,5,10-14H2,1-4H3/t16-,18?,20-/m0/s1. The van der Waals surface area contributed by atoms with Gasteiger partial charge in [0.15, 0.2) is 0 Å². The quantitative estimate of drug-likeness (QED) is 0.900. The summed E-state index contributed by atoms with van der Waals surface area (Å²) in [5.41, 5.74) is 1.41. The first kappa shape index (κ1) is 16.8. The number of benzene rings is 1. The van der Waals surface area contributed by atoms with Crippen LogP contribution in [0, 0.1) is 11.3 Å². The second-order valence-corrected chi connectivity index (χ2v) is 8.45. The summed E-state index contributed by atoms with van der Waals surface area (Å²) < 4.78 is 5.31. The van der Waals surface area contributed by atoms with Gasteiger partial charge in [0, 0.05) is 18.5 Å². The molecule has 0 aliphatic carbocycles. The van der Waals surface area contributed by atoms with Gasteiger partial charge in [-0.25, -0.2) is 0 Å². The Kier molecular flexibility index (Phi) is 4.45. The van der Waals surface area contributed by atoms with Crippen LogP contribution in [0.3, 0.4) is 0 Å². The van der Waals surface area contributed by atoms with Crippen LogP contribution in [0.4, 0.5) is 0 Å². The fourth-order valence-corrected chi connectivity index (χ4v) is 4.58. The molecule has 3 nitrogen and oxygen atoms in total. The first-order valence-corrected chi connectivity index (χ1v) is 8.93. The molecule has 2 bridgehead atoms. The summed E-state index contributed by atoms with van der Waals surface area (Å²) >= 11 is 0. The van der Waals surface area contributed by atoms with Crippen LogP contribution in [0.15, 0.2) is 24.3 Å². The van der Waals surface area contributed by atoms with Crippen molar-refractivity contribution >= 4 is 0 Å². The molecule has 128 valence electrons. The van der Waals surface area contributed by atoms with Gasteiger partial charge in [-0.15, -0.1) is 0 Å². The molecule has 4 atom stereocenters. The molecule has 1 N–H and O–H groups in total. The Morgan fingerprint density at radius 2 is 1.87 bits per heavy atom. The monoisotopic (exact) mass is 317 g/mol. The number of methoxy groups -OCH3 is 1. The second-order valence-electron chi connectivity index (χ2n) is 8.45. The minimum absolute atomic E-state index is 0.140. The third-order valence-corrected chi connectivity index (χ3v) is 6.17. The zero-order valence-corrected chi connectivity index (χ0v) is 15.0. The molecule has 1 aromatic carbocycles. The Labute approximate surface area is 140 Å². The SMILES string of the molecule is COc1ccc([C@]23CCCN(CC[C@H](C(C)(C)C)C2)C3O)cc1. The van der Waals surface area contributed by atoms with Crippen molar-refractivity contribution in [2.45, 2.75) is 58.1 Å². The highest BCUT2D eigenvalue weighted by Gasteiger charge is 2.49. The Morgan fingerprint density at radius 3 is 2.48 bits per heavy atom. The molecule has 2 fully saturated rings. The first-order valence-electron chi connectivity index (χ1n) is 8.93. The Morgan fingerprint density at radius 1 is 1.17 bits per heavy atom. The van der Waals surface area contributed by atoms with Crippen molar-refractivity contribution < 1.29 is 9.84 Å². The van der Waals surface area contributed by atoms with E-state index in [-0.39, 0.29) is 17.1 Å². The van der Waals surface area contributed by atoms with E-state index in [9.17, 15) is 5.11 Å². The number of nitrogens with zero attached hydrogens (tertiary/aromatic N) is 1. The number of aliphatic hydroxyl groups excluding tert-OH is 1. The molecule has 0 saturated carbocycles. The van der Waals surface area contributed by atoms with Crippen LogP contribution < -0.4 is 4.74 Å². The summed E-state index contributed by atoms with van der Waals surface area (Å²) in [6.07, 6.45) is 4.12. The van der Waals surface area contributed by atoms with Crippen LogP contribution in [-0.4, -0.2) is 36.4 Å². The smallest absolute Gasteiger partial charge is 0.118 e. The van der Waals surface area contributed by atoms with Gasteiger partial charge in [0.1, 0.15) is 12.0 Å². The van der Waals surface area contributed by atoms with Gasteiger partial charge in [-0.2, -0.15) is 0 Å². The number of hydrogen-bond acceptors (Lipinski definition) is 3. The molecule has 2 aliphatic heterocycles. The highest BCUT2D eigenvalue weighted by atomic mass is 16.5. The molecule has 3 heteroatoms. The van der Waals surface area contributed by atoms with Crippen LogP contribution in [-0.2, 0) is 5.41 Å². The summed E-state index contributed by atoms with van der Waals surface area (Å²) in [6, 6.07) is 8.40. The topological polar surface area (TPSA) is 32.7 Å². The minimum Gasteiger partial charge on any atom is -0.497 e. The van der Waals surface area contributed by atoms with Crippen molar-refractivity contribution in [1.82, 2.24) is 4.90 Å². The molecule has 0 radical (unpaired) electrons. The van der Waals surface area contributed by atoms with Crippen molar-refractivity contribution in [3.05, 3.63) is 29.8 Å². The summed E-state index contributed by atoms with van der Waals surface area (Å²) in [5, 5.41) is 11.2. The van der Waals surface area contributed by atoms with Gasteiger partial charge < -0.3 is 9.84 Å². The van der Waals surface area contributed by atoms with Gasteiger partial charge in [0.05, 0.1) is 7.11 Å². The zero-order chi connectivity index (χ0) is 16.7. The Hall–Kier alpha value is -1.06. The lowest BCUT2D eigenvalue weighted by atomic mass is 9.64. The summed E-state index contributed by atoms with van der Waals surface area (Å²) in [5.74, 6) is 1.51. The van der Waals surface area contributed by atoms with E-state index in [2.05, 4.69) is 37.8 Å². The molecule has 2 saturated heterocycles. The summed E-state index contributed by atoms with van der Waals surface area (Å²) in [6.45, 7) is 9.07. The van der Waals surface area contributed by atoms with E-state index >= 15 is 0 Å². The van der Waals surface area contributed by atoms with Crippen LogP contribution >= 0.6 is 0 Å². The molecule has 23 heavy (non-hydrogen) atoms. The van der Waals surface area contributed by atoms with Crippen LogP contribution in [0.1, 0.15) is 52.0 Å². The highest BCUT2D eigenvalue weighted by molar-refractivity contribution is 5.34. The van der Waals surface area contributed by atoms with Crippen molar-refractivity contribution in [2.75, 3.05) is 20.2 Å². The number of hydrogen-bond donors (Lipinski definition) is 1. The molecule has 2 heterocycles. The number of aliphatic hydroxyl groups is 1. The van der Waals surface area contributed by atoms with E-state index in [1.165, 1.54) is 18.4 Å². The van der Waals surface area contributed by atoms with Gasteiger partial charge in [-0.3, -0.25) is 4.90 Å². The second kappa shape index (κ2) is 6.10. The highest BCUT2D eigenvalue weighted by Crippen LogP contribution is 2.49. The molecular formula is C20H31NO2. The van der Waals surface area contributed by atoms with Crippen LogP contribution in [0.25, 0.3) is 0 Å². The Bertz CT molecular complexity index is 534. The normalized spacial score (nSPS) is 34.7. The molecule has 1 aromatic rings. The van der Waals surface area contributed by atoms with Crippen molar-refractivity contribution in [1.29, 1.82) is 0 Å². The van der Waals surface area contributed by atoms with Gasteiger partial charge in [0.2, 0.25) is 0 Å². The molecule has 2 unspecified atom stereocenters. The van der Waals surface area contributed by atoms with Crippen molar-refractivity contribution in [2.24, 2.45) is 11.3 Å². The predicted octanol–water partition coefficient (Wildman–Crippen LogP) is 3.80. The van der Waals surface area contributed by atoms with Crippen LogP contribution in [0.5, 0.6) is 5.75 Å². The average Bonchev–Trinajstić information content (AvgIpc) is 2.61. The molecule has 3 rings (SSSR count). The fraction of sp³-hybridized carbons (Fsp3) is 0.700. The van der Waals surface area contributed by atoms with Crippen LogP contribution in [0.2, 0.25) is 0 Å². The van der Waals surface area contributed by atoms with Gasteiger partial charge in [-0.1, -0.05) is 32.9 Å². The first-order chi connectivity index (χ1) is 10.9. The molecule has 0 amide bonds. The van der Waals surface area contributed by atoms with E-state index in [0.717, 1.165) is 31.7 Å². The lowest BCUT2D eigenvalue weighted by molar-refractivity contribution is -0.0796. The number of ether oxygens (including phenoxy) is 1. The van der Waals surface area contributed by atoms with Crippen molar-refractivity contribution in [3.8, 4) is 5.75 Å². The summed E-state index contributed by atoms with van der Waals surface area (Å²) in [4.78, 5) is 2.31. The zero-order valence-electron chi connectivity index (χ0n) is 15.0. The van der Waals surface area contributed by atoms with Crippen molar-refractivity contribution in [3.63, 3.8) is 0 Å². The lowest BCUT2D eigenvalue weighted by Gasteiger charge is -2.47. The van der Waals surface area contributed by atoms with E-state index in [1.54, 1.807) is 7.11 Å². The third kappa shape index (κ3) is 3.01. The number of fused-ring (bicyclic) bond motifs is 2. The van der Waals surface area contributed by atoms with Gasteiger partial charge in [0.25, 0.3) is 0 Å². The maximum atomic E-state index is 11.2. The maximum Gasteiger partial charge on any atom is 0.118 e. The van der Waals surface area contributed by atoms with E-state index in [1.807, 2.05) is 12.1 Å². The summed E-state index contributed by atoms with van der Waals surface area (Å²) in [7, 11) is 1.70. The third-order valence-electron chi connectivity index (χ3n) is 6.17. The minimum atomic E-state index is -0.364. The lowest BCUT2D eigenvalue weighted by Crippen LogP contribution is -2.54. The van der Waals surface area contributed by atoms with Gasteiger partial charge in [-0.05, 0) is 54.7 Å². The predicted molar refractivity (Wildman–Crippen MR) is 93.7 cm³/mol. The van der Waals surface area contributed by atoms with Gasteiger partial charge >= 0.3 is 0 Å². The van der Waals surface area contributed by atoms with E-state index < -0.39 is 0 Å². The van der Waals surface area contributed by atoms with E-state index in [4.69, 9.17) is 4.74 Å². The molecular weight excluding hydrogens is 286 g/mol.